The number of benzene rings is 1. The van der Waals surface area contributed by atoms with E-state index in [-0.39, 0.29) is 24.1 Å². The smallest absolute Gasteiger partial charge is 0.345 e. The number of H-pyrrole nitrogens is 1. The van der Waals surface area contributed by atoms with Crippen molar-refractivity contribution in [2.45, 2.75) is 39.2 Å². The van der Waals surface area contributed by atoms with Gasteiger partial charge in [0.25, 0.3) is 0 Å². The van der Waals surface area contributed by atoms with Crippen LogP contribution in [0.5, 0.6) is 11.5 Å². The number of rotatable bonds is 3. The molecule has 2 aliphatic heterocycles. The molecule has 7 nitrogen and oxygen atoms in total. The van der Waals surface area contributed by atoms with Crippen LogP contribution in [0, 0.1) is 13.8 Å². The molecule has 1 aromatic carbocycles. The Morgan fingerprint density at radius 2 is 2.04 bits per heavy atom. The van der Waals surface area contributed by atoms with Gasteiger partial charge in [-0.2, -0.15) is 4.98 Å². The van der Waals surface area contributed by atoms with Crippen LogP contribution in [0.15, 0.2) is 23.0 Å². The number of hydrogen-bond acceptors (Lipinski definition) is 5. The summed E-state index contributed by atoms with van der Waals surface area (Å²) in [7, 11) is 0. The highest BCUT2D eigenvalue weighted by atomic mass is 16.6. The highest BCUT2D eigenvalue weighted by Crippen LogP contribution is 2.38. The molecule has 1 unspecified atom stereocenters. The van der Waals surface area contributed by atoms with E-state index in [0.29, 0.717) is 24.6 Å². The third kappa shape index (κ3) is 3.41. The highest BCUT2D eigenvalue weighted by Gasteiger charge is 2.31. The van der Waals surface area contributed by atoms with Crippen LogP contribution < -0.4 is 15.2 Å². The number of carbonyl (C=O) groups is 1. The zero-order chi connectivity index (χ0) is 19.0. The molecule has 0 bridgehead atoms. The summed E-state index contributed by atoms with van der Waals surface area (Å²) in [5.41, 5.74) is 2.80. The van der Waals surface area contributed by atoms with Gasteiger partial charge in [-0.1, -0.05) is 6.07 Å². The van der Waals surface area contributed by atoms with Crippen molar-refractivity contribution in [2.24, 2.45) is 0 Å². The van der Waals surface area contributed by atoms with Gasteiger partial charge in [0.2, 0.25) is 5.91 Å². The van der Waals surface area contributed by atoms with Gasteiger partial charge in [0.05, 0.1) is 12.5 Å². The zero-order valence-corrected chi connectivity index (χ0v) is 15.6. The SMILES string of the molecule is Cc1nc(=O)[nH]c(C)c1CC(=O)N1CCCC1c1ccc2c(c1)OCCO2. The Morgan fingerprint density at radius 1 is 1.26 bits per heavy atom. The maximum absolute atomic E-state index is 13.0. The van der Waals surface area contributed by atoms with E-state index in [1.165, 1.54) is 0 Å². The summed E-state index contributed by atoms with van der Waals surface area (Å²) in [5, 5.41) is 0. The molecule has 4 rings (SSSR count). The Hall–Kier alpha value is -2.83. The van der Waals surface area contributed by atoms with Crippen LogP contribution in [0.2, 0.25) is 0 Å². The summed E-state index contributed by atoms with van der Waals surface area (Å²) in [6.45, 7) is 5.41. The number of likely N-dealkylation sites (tertiary alicyclic amines) is 1. The lowest BCUT2D eigenvalue weighted by Gasteiger charge is -2.27. The first kappa shape index (κ1) is 17.6. The third-order valence-corrected chi connectivity index (χ3v) is 5.31. The third-order valence-electron chi connectivity index (χ3n) is 5.31. The van der Waals surface area contributed by atoms with E-state index in [1.807, 2.05) is 23.1 Å². The van der Waals surface area contributed by atoms with Crippen molar-refractivity contribution in [3.05, 3.63) is 51.2 Å². The number of hydrogen-bond donors (Lipinski definition) is 1. The van der Waals surface area contributed by atoms with Crippen LogP contribution in [0.25, 0.3) is 0 Å². The van der Waals surface area contributed by atoms with Crippen LogP contribution in [-0.2, 0) is 11.2 Å². The van der Waals surface area contributed by atoms with E-state index >= 15 is 0 Å². The lowest BCUT2D eigenvalue weighted by molar-refractivity contribution is -0.131. The van der Waals surface area contributed by atoms with Crippen molar-refractivity contribution in [1.29, 1.82) is 0 Å². The predicted octanol–water partition coefficient (Wildman–Crippen LogP) is 2.06. The molecule has 2 aliphatic rings. The fraction of sp³-hybridized carbons (Fsp3) is 0.450. The predicted molar refractivity (Wildman–Crippen MR) is 99.2 cm³/mol. The molecule has 0 saturated carbocycles. The first-order valence-electron chi connectivity index (χ1n) is 9.28. The number of amides is 1. The molecule has 1 fully saturated rings. The number of aromatic nitrogens is 2. The molecular formula is C20H23N3O4. The molecule has 3 heterocycles. The fourth-order valence-corrected chi connectivity index (χ4v) is 3.95. The Labute approximate surface area is 157 Å². The molecule has 1 aromatic heterocycles. The molecule has 0 spiro atoms. The summed E-state index contributed by atoms with van der Waals surface area (Å²) < 4.78 is 11.3. The minimum absolute atomic E-state index is 0.0321. The first-order valence-corrected chi connectivity index (χ1v) is 9.28. The number of nitrogens with zero attached hydrogens (tertiary/aromatic N) is 2. The van der Waals surface area contributed by atoms with Gasteiger partial charge < -0.3 is 19.4 Å². The minimum Gasteiger partial charge on any atom is -0.486 e. The molecule has 1 atom stereocenters. The van der Waals surface area contributed by atoms with Gasteiger partial charge in [0.1, 0.15) is 13.2 Å². The number of fused-ring (bicyclic) bond motifs is 1. The summed E-state index contributed by atoms with van der Waals surface area (Å²) in [5.74, 6) is 1.55. The molecule has 0 aliphatic carbocycles. The van der Waals surface area contributed by atoms with Gasteiger partial charge in [-0.25, -0.2) is 4.79 Å². The van der Waals surface area contributed by atoms with Gasteiger partial charge in [0, 0.05) is 23.5 Å². The summed E-state index contributed by atoms with van der Waals surface area (Å²) in [4.78, 5) is 33.0. The van der Waals surface area contributed by atoms with Gasteiger partial charge in [-0.15, -0.1) is 0 Å². The van der Waals surface area contributed by atoms with E-state index in [1.54, 1.807) is 13.8 Å². The number of carbonyl (C=O) groups excluding carboxylic acids is 1. The number of aryl methyl sites for hydroxylation is 2. The van der Waals surface area contributed by atoms with Crippen LogP contribution >= 0.6 is 0 Å². The number of ether oxygens (including phenoxy) is 2. The molecule has 1 N–H and O–H groups in total. The number of aromatic amines is 1. The second-order valence-electron chi connectivity index (χ2n) is 7.06. The van der Waals surface area contributed by atoms with Gasteiger partial charge in [-0.05, 0) is 44.4 Å². The summed E-state index contributed by atoms with van der Waals surface area (Å²) >= 11 is 0. The van der Waals surface area contributed by atoms with Crippen LogP contribution in [-0.4, -0.2) is 40.5 Å². The topological polar surface area (TPSA) is 84.5 Å². The van der Waals surface area contributed by atoms with Crippen molar-refractivity contribution in [3.8, 4) is 11.5 Å². The van der Waals surface area contributed by atoms with Crippen molar-refractivity contribution < 1.29 is 14.3 Å². The first-order chi connectivity index (χ1) is 13.0. The second-order valence-corrected chi connectivity index (χ2v) is 7.06. The zero-order valence-electron chi connectivity index (χ0n) is 15.6. The van der Waals surface area contributed by atoms with Crippen LogP contribution in [0.1, 0.15) is 41.4 Å². The molecular weight excluding hydrogens is 346 g/mol. The van der Waals surface area contributed by atoms with Crippen LogP contribution in [0.4, 0.5) is 0 Å². The molecule has 1 amide bonds. The summed E-state index contributed by atoms with van der Waals surface area (Å²) in [6, 6.07) is 5.96. The molecule has 2 aromatic rings. The molecule has 27 heavy (non-hydrogen) atoms. The van der Waals surface area contributed by atoms with E-state index < -0.39 is 0 Å². The quantitative estimate of drug-likeness (QED) is 0.895. The Balaban J connectivity index is 1.56. The van der Waals surface area contributed by atoms with E-state index in [2.05, 4.69) is 9.97 Å². The van der Waals surface area contributed by atoms with E-state index in [4.69, 9.17) is 9.47 Å². The molecule has 1 saturated heterocycles. The van der Waals surface area contributed by atoms with Crippen LogP contribution in [0.3, 0.4) is 0 Å². The second kappa shape index (κ2) is 7.06. The monoisotopic (exact) mass is 369 g/mol. The maximum Gasteiger partial charge on any atom is 0.345 e. The lowest BCUT2D eigenvalue weighted by Crippen LogP contribution is -2.33. The van der Waals surface area contributed by atoms with E-state index in [0.717, 1.165) is 42.0 Å². The fourth-order valence-electron chi connectivity index (χ4n) is 3.95. The van der Waals surface area contributed by atoms with E-state index in [9.17, 15) is 9.59 Å². The highest BCUT2D eigenvalue weighted by molar-refractivity contribution is 5.80. The van der Waals surface area contributed by atoms with Gasteiger partial charge in [-0.3, -0.25) is 4.79 Å². The average molecular weight is 369 g/mol. The Bertz CT molecular complexity index is 911. The van der Waals surface area contributed by atoms with Gasteiger partial charge in [0.15, 0.2) is 11.5 Å². The molecule has 142 valence electrons. The van der Waals surface area contributed by atoms with Crippen molar-refractivity contribution in [2.75, 3.05) is 19.8 Å². The molecule has 7 heteroatoms. The van der Waals surface area contributed by atoms with Gasteiger partial charge >= 0.3 is 5.69 Å². The minimum atomic E-state index is -0.378. The van der Waals surface area contributed by atoms with Crippen molar-refractivity contribution in [3.63, 3.8) is 0 Å². The lowest BCUT2D eigenvalue weighted by atomic mass is 10.0. The Kier molecular flexibility index (Phi) is 4.59. The van der Waals surface area contributed by atoms with Crippen molar-refractivity contribution in [1.82, 2.24) is 14.9 Å². The summed E-state index contributed by atoms with van der Waals surface area (Å²) in [6.07, 6.45) is 2.13. The average Bonchev–Trinajstić information content (AvgIpc) is 3.14. The maximum atomic E-state index is 13.0. The molecule has 0 radical (unpaired) electrons. The Morgan fingerprint density at radius 3 is 2.81 bits per heavy atom. The standard InChI is InChI=1S/C20H23N3O4/c1-12-15(13(2)22-20(25)21-12)11-19(24)23-7-3-4-16(23)14-5-6-17-18(10-14)27-9-8-26-17/h5-6,10,16H,3-4,7-9,11H2,1-2H3,(H,21,22,25). The largest absolute Gasteiger partial charge is 0.486 e. The number of nitrogens with one attached hydrogen (secondary N) is 1. The normalized spacial score (nSPS) is 18.6. The van der Waals surface area contributed by atoms with Crippen molar-refractivity contribution >= 4 is 5.91 Å².